The van der Waals surface area contributed by atoms with Crippen LogP contribution in [0.2, 0.25) is 0 Å². The van der Waals surface area contributed by atoms with E-state index in [1.54, 1.807) is 6.07 Å². The molecule has 0 bridgehead atoms. The summed E-state index contributed by atoms with van der Waals surface area (Å²) in [5.74, 6) is -0.270. The zero-order valence-electron chi connectivity index (χ0n) is 21.2. The number of benzene rings is 6. The van der Waals surface area contributed by atoms with E-state index in [1.807, 2.05) is 24.3 Å². The topological polar surface area (TPSA) is 24.1 Å². The molecule has 0 saturated heterocycles. The average Bonchev–Trinajstić information content (AvgIpc) is 3.13. The number of para-hydroxylation sites is 2. The van der Waals surface area contributed by atoms with E-state index in [-0.39, 0.29) is 5.82 Å². The molecular formula is C36H25FN2. The highest BCUT2D eigenvalue weighted by molar-refractivity contribution is 6.04. The molecule has 186 valence electrons. The van der Waals surface area contributed by atoms with Gasteiger partial charge in [0.25, 0.3) is 0 Å². The average molecular weight is 505 g/mol. The van der Waals surface area contributed by atoms with Crippen LogP contribution in [0.15, 0.2) is 140 Å². The predicted octanol–water partition coefficient (Wildman–Crippen LogP) is 10.3. The summed E-state index contributed by atoms with van der Waals surface area (Å²) < 4.78 is 14.5. The minimum atomic E-state index is -0.270. The highest BCUT2D eigenvalue weighted by Gasteiger charge is 2.22. The van der Waals surface area contributed by atoms with Gasteiger partial charge in [0, 0.05) is 27.9 Å². The molecule has 1 aliphatic heterocycles. The van der Waals surface area contributed by atoms with Crippen LogP contribution in [0.25, 0.3) is 44.5 Å². The van der Waals surface area contributed by atoms with Gasteiger partial charge >= 0.3 is 0 Å². The van der Waals surface area contributed by atoms with E-state index >= 15 is 0 Å². The minimum absolute atomic E-state index is 0.270. The van der Waals surface area contributed by atoms with Crippen LogP contribution < -0.4 is 10.6 Å². The highest BCUT2D eigenvalue weighted by atomic mass is 19.1. The summed E-state index contributed by atoms with van der Waals surface area (Å²) in [6, 6.07) is 46.8. The van der Waals surface area contributed by atoms with E-state index in [1.165, 1.54) is 6.07 Å². The van der Waals surface area contributed by atoms with Crippen molar-refractivity contribution in [2.45, 2.75) is 0 Å². The minimum Gasteiger partial charge on any atom is -0.353 e. The molecule has 0 spiro atoms. The highest BCUT2D eigenvalue weighted by Crippen LogP contribution is 2.48. The summed E-state index contributed by atoms with van der Waals surface area (Å²) in [4.78, 5) is 0. The molecule has 0 aliphatic carbocycles. The summed E-state index contributed by atoms with van der Waals surface area (Å²) in [5, 5.41) is 7.41. The first kappa shape index (κ1) is 23.0. The summed E-state index contributed by atoms with van der Waals surface area (Å²) >= 11 is 0. The molecule has 0 saturated carbocycles. The second-order valence-corrected chi connectivity index (χ2v) is 9.67. The van der Waals surface area contributed by atoms with Gasteiger partial charge in [-0.3, -0.25) is 0 Å². The fraction of sp³-hybridized carbons (Fsp3) is 0. The van der Waals surface area contributed by atoms with E-state index in [9.17, 15) is 4.39 Å². The number of hydrogen-bond donors (Lipinski definition) is 2. The van der Waals surface area contributed by atoms with Gasteiger partial charge in [-0.25, -0.2) is 4.39 Å². The van der Waals surface area contributed by atoms with Gasteiger partial charge in [-0.05, 0) is 46.5 Å². The molecule has 0 fully saturated rings. The number of halogens is 1. The maximum atomic E-state index is 14.5. The van der Waals surface area contributed by atoms with Crippen LogP contribution in [0.5, 0.6) is 0 Å². The molecule has 0 unspecified atom stereocenters. The Hall–Kier alpha value is -5.15. The lowest BCUT2D eigenvalue weighted by Gasteiger charge is -2.21. The van der Waals surface area contributed by atoms with E-state index in [0.29, 0.717) is 0 Å². The van der Waals surface area contributed by atoms with Gasteiger partial charge < -0.3 is 10.6 Å². The third-order valence-corrected chi connectivity index (χ3v) is 7.31. The van der Waals surface area contributed by atoms with Crippen molar-refractivity contribution < 1.29 is 4.39 Å². The van der Waals surface area contributed by atoms with E-state index < -0.39 is 0 Å². The molecule has 1 aliphatic rings. The van der Waals surface area contributed by atoms with Gasteiger partial charge in [-0.15, -0.1) is 0 Å². The van der Waals surface area contributed by atoms with Crippen molar-refractivity contribution >= 4 is 22.7 Å². The van der Waals surface area contributed by atoms with Crippen molar-refractivity contribution in [1.29, 1.82) is 0 Å². The molecule has 0 atom stereocenters. The second-order valence-electron chi connectivity index (χ2n) is 9.67. The normalized spacial score (nSPS) is 11.4. The lowest BCUT2D eigenvalue weighted by atomic mass is 9.93. The Morgan fingerprint density at radius 3 is 1.67 bits per heavy atom. The molecule has 2 N–H and O–H groups in total. The van der Waals surface area contributed by atoms with Crippen LogP contribution in [0, 0.1) is 5.82 Å². The van der Waals surface area contributed by atoms with Gasteiger partial charge in [0.1, 0.15) is 5.82 Å². The third-order valence-electron chi connectivity index (χ3n) is 7.31. The first-order valence-corrected chi connectivity index (χ1v) is 13.1. The quantitative estimate of drug-likeness (QED) is 0.249. The Morgan fingerprint density at radius 1 is 0.462 bits per heavy atom. The molecule has 0 amide bonds. The van der Waals surface area contributed by atoms with Gasteiger partial charge in [0.2, 0.25) is 0 Å². The second kappa shape index (κ2) is 9.62. The van der Waals surface area contributed by atoms with Crippen molar-refractivity contribution in [3.8, 4) is 44.5 Å². The lowest BCUT2D eigenvalue weighted by molar-refractivity contribution is 0.628. The number of hydrogen-bond acceptors (Lipinski definition) is 2. The Kier molecular flexibility index (Phi) is 5.68. The first-order valence-electron chi connectivity index (χ1n) is 13.1. The van der Waals surface area contributed by atoms with Gasteiger partial charge in [-0.2, -0.15) is 0 Å². The number of nitrogens with one attached hydrogen (secondary N) is 2. The van der Waals surface area contributed by atoms with E-state index in [4.69, 9.17) is 0 Å². The molecule has 0 aromatic heterocycles. The first-order chi connectivity index (χ1) is 19.3. The van der Waals surface area contributed by atoms with Gasteiger partial charge in [0.05, 0.1) is 17.1 Å². The fourth-order valence-corrected chi connectivity index (χ4v) is 5.50. The molecule has 0 radical (unpaired) electrons. The fourth-order valence-electron chi connectivity index (χ4n) is 5.50. The summed E-state index contributed by atoms with van der Waals surface area (Å²) in [6.07, 6.45) is 0. The van der Waals surface area contributed by atoms with Crippen molar-refractivity contribution in [2.75, 3.05) is 10.6 Å². The summed E-state index contributed by atoms with van der Waals surface area (Å²) in [7, 11) is 0. The molecule has 3 heteroatoms. The van der Waals surface area contributed by atoms with Crippen molar-refractivity contribution in [1.82, 2.24) is 0 Å². The van der Waals surface area contributed by atoms with Crippen molar-refractivity contribution in [3.63, 3.8) is 0 Å². The largest absolute Gasteiger partial charge is 0.353 e. The van der Waals surface area contributed by atoms with Crippen LogP contribution in [0.1, 0.15) is 0 Å². The molecule has 6 aromatic carbocycles. The zero-order chi connectivity index (χ0) is 26.2. The van der Waals surface area contributed by atoms with Crippen LogP contribution in [-0.4, -0.2) is 0 Å². The SMILES string of the molecule is Fc1ccc2c(c1)Nc1c(Nc3c(-c4ccccc4)cccc3-c3ccccc3)cccc1-c1ccccc1-2. The molecule has 39 heavy (non-hydrogen) atoms. The van der Waals surface area contributed by atoms with Crippen molar-refractivity contribution in [2.24, 2.45) is 0 Å². The number of rotatable bonds is 4. The summed E-state index contributed by atoms with van der Waals surface area (Å²) in [5.41, 5.74) is 12.3. The van der Waals surface area contributed by atoms with Gasteiger partial charge in [-0.1, -0.05) is 115 Å². The maximum absolute atomic E-state index is 14.5. The van der Waals surface area contributed by atoms with Crippen molar-refractivity contribution in [3.05, 3.63) is 145 Å². The zero-order valence-corrected chi connectivity index (χ0v) is 21.2. The van der Waals surface area contributed by atoms with Crippen LogP contribution >= 0.6 is 0 Å². The van der Waals surface area contributed by atoms with Crippen LogP contribution in [-0.2, 0) is 0 Å². The Labute approximate surface area is 227 Å². The predicted molar refractivity (Wildman–Crippen MR) is 161 cm³/mol. The molecule has 7 rings (SSSR count). The summed E-state index contributed by atoms with van der Waals surface area (Å²) in [6.45, 7) is 0. The Balaban J connectivity index is 1.45. The number of anilines is 4. The lowest BCUT2D eigenvalue weighted by Crippen LogP contribution is -2.02. The van der Waals surface area contributed by atoms with E-state index in [0.717, 1.165) is 67.3 Å². The number of fused-ring (bicyclic) bond motifs is 5. The maximum Gasteiger partial charge on any atom is 0.125 e. The standard InChI is InChI=1S/C36H25FN2/c37-26-21-22-31-29-15-7-8-16-30(29)32-19-10-20-33(36(32)39-34(31)23-26)38-35-27(24-11-3-1-4-12-24)17-9-18-28(35)25-13-5-2-6-14-25/h1-23,38-39H. The van der Waals surface area contributed by atoms with Crippen LogP contribution in [0.3, 0.4) is 0 Å². The molecule has 1 heterocycles. The Bertz CT molecular complexity index is 1750. The smallest absolute Gasteiger partial charge is 0.125 e. The van der Waals surface area contributed by atoms with Crippen LogP contribution in [0.4, 0.5) is 27.1 Å². The third kappa shape index (κ3) is 4.14. The monoisotopic (exact) mass is 504 g/mol. The molecule has 6 aromatic rings. The Morgan fingerprint density at radius 2 is 1.00 bits per heavy atom. The van der Waals surface area contributed by atoms with Gasteiger partial charge in [0.15, 0.2) is 0 Å². The van der Waals surface area contributed by atoms with E-state index in [2.05, 4.69) is 114 Å². The molecular weight excluding hydrogens is 479 g/mol. The molecule has 2 nitrogen and oxygen atoms in total.